The van der Waals surface area contributed by atoms with E-state index in [0.717, 1.165) is 71.1 Å². The number of pyridine rings is 1. The van der Waals surface area contributed by atoms with E-state index < -0.39 is 0 Å². The van der Waals surface area contributed by atoms with Gasteiger partial charge < -0.3 is 9.84 Å². The third-order valence-electron chi connectivity index (χ3n) is 7.97. The predicted octanol–water partition coefficient (Wildman–Crippen LogP) is 10.4. The van der Waals surface area contributed by atoms with Gasteiger partial charge in [0.1, 0.15) is 5.75 Å². The van der Waals surface area contributed by atoms with Crippen LogP contribution in [-0.4, -0.2) is 15.9 Å². The molecule has 1 radical (unpaired) electrons. The average Bonchev–Trinajstić information content (AvgIpc) is 2.94. The molecule has 2 heterocycles. The molecule has 0 saturated heterocycles. The zero-order chi connectivity index (χ0) is 29.7. The molecule has 0 aliphatic carbocycles. The average molecular weight is 743 g/mol. The molecule has 4 aromatic rings. The standard InChI is InChI=1S/C24H20NO.C13H24O2.Ir/c1-24(2,3)14-16-9-5-11-19-18(16)13-21-23(25-19)17-10-4-7-15-8-6-12-20(26-21)22(15)17;1-5-10(6-2)12(14)9-13(15)11(7-3)8-4;/h4-9,11-13H,14H2,1-3H3;9-11,14H,5-8H2,1-4H3;/q-1;;/b;12-9-;. The molecule has 0 spiro atoms. The van der Waals surface area contributed by atoms with E-state index >= 15 is 0 Å². The van der Waals surface area contributed by atoms with Crippen LogP contribution < -0.4 is 4.74 Å². The number of benzene rings is 3. The van der Waals surface area contributed by atoms with Crippen molar-refractivity contribution >= 4 is 27.5 Å². The fraction of sp³-hybridized carbons (Fsp3) is 0.405. The van der Waals surface area contributed by atoms with Gasteiger partial charge in [-0.05, 0) is 61.3 Å². The van der Waals surface area contributed by atoms with Gasteiger partial charge in [0.25, 0.3) is 0 Å². The second-order valence-corrected chi connectivity index (χ2v) is 12.2. The number of ether oxygens (including phenoxy) is 1. The predicted molar refractivity (Wildman–Crippen MR) is 171 cm³/mol. The van der Waals surface area contributed by atoms with Gasteiger partial charge in [0.05, 0.1) is 17.0 Å². The van der Waals surface area contributed by atoms with Gasteiger partial charge in [-0.1, -0.05) is 83.5 Å². The van der Waals surface area contributed by atoms with Crippen LogP contribution in [-0.2, 0) is 31.3 Å². The molecule has 42 heavy (non-hydrogen) atoms. The summed E-state index contributed by atoms with van der Waals surface area (Å²) in [4.78, 5) is 16.7. The van der Waals surface area contributed by atoms with Crippen molar-refractivity contribution in [3.63, 3.8) is 0 Å². The Morgan fingerprint density at radius 1 is 0.952 bits per heavy atom. The molecular formula is C37H44IrNO3-. The second-order valence-electron chi connectivity index (χ2n) is 12.2. The SMILES string of the molecule is CC(C)(C)Cc1cccc2nc3c(cc12)Oc1cccc2cc[c-]c-3c12.CCC(CC)C(=O)/C=C(\O)C(CC)CC.[Ir]. The van der Waals surface area contributed by atoms with Crippen molar-refractivity contribution in [3.05, 3.63) is 78.1 Å². The molecule has 1 N–H and O–H groups in total. The molecular weight excluding hydrogens is 699 g/mol. The first kappa shape index (κ1) is 33.5. The van der Waals surface area contributed by atoms with Crippen molar-refractivity contribution in [2.45, 2.75) is 80.6 Å². The summed E-state index contributed by atoms with van der Waals surface area (Å²) in [6, 6.07) is 22.1. The summed E-state index contributed by atoms with van der Waals surface area (Å²) in [5, 5.41) is 13.2. The smallest absolute Gasteiger partial charge is 0.162 e. The molecule has 0 amide bonds. The first-order chi connectivity index (χ1) is 19.6. The van der Waals surface area contributed by atoms with Gasteiger partial charge in [0.2, 0.25) is 0 Å². The van der Waals surface area contributed by atoms with Crippen LogP contribution in [0.1, 0.15) is 79.7 Å². The Morgan fingerprint density at radius 3 is 2.26 bits per heavy atom. The van der Waals surface area contributed by atoms with Gasteiger partial charge in [-0.25, -0.2) is 0 Å². The van der Waals surface area contributed by atoms with Crippen molar-refractivity contribution in [1.82, 2.24) is 4.98 Å². The van der Waals surface area contributed by atoms with E-state index in [-0.39, 0.29) is 48.9 Å². The van der Waals surface area contributed by atoms with Crippen molar-refractivity contribution in [3.8, 4) is 22.8 Å². The number of rotatable bonds is 8. The molecule has 0 atom stereocenters. The van der Waals surface area contributed by atoms with Crippen LogP contribution >= 0.6 is 0 Å². The summed E-state index contributed by atoms with van der Waals surface area (Å²) >= 11 is 0. The third-order valence-corrected chi connectivity index (χ3v) is 7.97. The minimum Gasteiger partial charge on any atom is -0.512 e. The molecule has 1 aromatic heterocycles. The zero-order valence-corrected chi connectivity index (χ0v) is 28.4. The molecule has 225 valence electrons. The van der Waals surface area contributed by atoms with Crippen LogP contribution in [0.2, 0.25) is 0 Å². The van der Waals surface area contributed by atoms with Crippen LogP contribution in [0.15, 0.2) is 66.4 Å². The fourth-order valence-electron chi connectivity index (χ4n) is 5.63. The Kier molecular flexibility index (Phi) is 11.5. The van der Waals surface area contributed by atoms with Gasteiger partial charge in [-0.15, -0.1) is 23.8 Å². The van der Waals surface area contributed by atoms with Crippen molar-refractivity contribution in [2.75, 3.05) is 0 Å². The van der Waals surface area contributed by atoms with E-state index in [4.69, 9.17) is 9.72 Å². The summed E-state index contributed by atoms with van der Waals surface area (Å²) < 4.78 is 6.26. The number of aliphatic hydroxyl groups is 1. The fourth-order valence-corrected chi connectivity index (χ4v) is 5.63. The van der Waals surface area contributed by atoms with Crippen molar-refractivity contribution in [1.29, 1.82) is 0 Å². The summed E-state index contributed by atoms with van der Waals surface area (Å²) in [5.74, 6) is 2.25. The van der Waals surface area contributed by atoms with Gasteiger partial charge in [0, 0.05) is 49.1 Å². The molecule has 3 aromatic carbocycles. The molecule has 4 nitrogen and oxygen atoms in total. The number of ketones is 1. The van der Waals surface area contributed by atoms with Crippen molar-refractivity contribution in [2.24, 2.45) is 17.3 Å². The number of fused-ring (bicyclic) bond motifs is 3. The summed E-state index contributed by atoms with van der Waals surface area (Å²) in [7, 11) is 0. The number of hydrogen-bond donors (Lipinski definition) is 1. The molecule has 0 unspecified atom stereocenters. The van der Waals surface area contributed by atoms with E-state index in [1.165, 1.54) is 17.0 Å². The number of aromatic nitrogens is 1. The van der Waals surface area contributed by atoms with Crippen LogP contribution in [0.4, 0.5) is 0 Å². The minimum atomic E-state index is 0. The Hall–Kier alpha value is -3.01. The van der Waals surface area contributed by atoms with Gasteiger partial charge in [-0.2, -0.15) is 0 Å². The summed E-state index contributed by atoms with van der Waals surface area (Å²) in [6.07, 6.45) is 5.91. The zero-order valence-electron chi connectivity index (χ0n) is 26.0. The second kappa shape index (κ2) is 14.4. The Bertz CT molecular complexity index is 1550. The van der Waals surface area contributed by atoms with Crippen molar-refractivity contribution < 1.29 is 34.7 Å². The number of nitrogens with zero attached hydrogens (tertiary/aromatic N) is 1. The molecule has 1 aliphatic heterocycles. The van der Waals surface area contributed by atoms with E-state index in [2.05, 4.69) is 63.2 Å². The molecule has 0 saturated carbocycles. The first-order valence-electron chi connectivity index (χ1n) is 15.1. The van der Waals surface area contributed by atoms with Gasteiger partial charge in [-0.3, -0.25) is 9.78 Å². The molecule has 0 bridgehead atoms. The first-order valence-corrected chi connectivity index (χ1v) is 15.1. The maximum Gasteiger partial charge on any atom is 0.162 e. The Labute approximate surface area is 264 Å². The largest absolute Gasteiger partial charge is 0.512 e. The maximum absolute atomic E-state index is 11.7. The normalized spacial score (nSPS) is 12.5. The number of carbonyl (C=O) groups is 1. The molecule has 0 fully saturated rings. The van der Waals surface area contributed by atoms with E-state index in [1.807, 2.05) is 45.9 Å². The number of hydrogen-bond acceptors (Lipinski definition) is 4. The molecule has 5 heteroatoms. The Balaban J connectivity index is 0.000000263. The Morgan fingerprint density at radius 2 is 1.62 bits per heavy atom. The number of allylic oxidation sites excluding steroid dienone is 2. The van der Waals surface area contributed by atoms with Gasteiger partial charge in [0.15, 0.2) is 5.78 Å². The molecule has 5 rings (SSSR count). The summed E-state index contributed by atoms with van der Waals surface area (Å²) in [6.45, 7) is 14.9. The van der Waals surface area contributed by atoms with E-state index in [0.29, 0.717) is 0 Å². The number of carbonyl (C=O) groups excluding carboxylic acids is 1. The van der Waals surface area contributed by atoms with Crippen LogP contribution in [0.3, 0.4) is 0 Å². The maximum atomic E-state index is 11.7. The van der Waals surface area contributed by atoms with Crippen LogP contribution in [0, 0.1) is 23.3 Å². The minimum absolute atomic E-state index is 0. The molecule has 1 aliphatic rings. The quantitative estimate of drug-likeness (QED) is 0.0977. The van der Waals surface area contributed by atoms with Crippen LogP contribution in [0.25, 0.3) is 32.9 Å². The van der Waals surface area contributed by atoms with Gasteiger partial charge >= 0.3 is 0 Å². The number of aliphatic hydroxyl groups excluding tert-OH is 1. The van der Waals surface area contributed by atoms with E-state index in [1.54, 1.807) is 0 Å². The summed E-state index contributed by atoms with van der Waals surface area (Å²) in [5.41, 5.74) is 4.46. The van der Waals surface area contributed by atoms with E-state index in [9.17, 15) is 9.90 Å². The van der Waals surface area contributed by atoms with Crippen LogP contribution in [0.5, 0.6) is 11.5 Å². The topological polar surface area (TPSA) is 59.4 Å². The third kappa shape index (κ3) is 7.49. The monoisotopic (exact) mass is 743 g/mol.